The summed E-state index contributed by atoms with van der Waals surface area (Å²) in [5.74, 6) is 6.86. The van der Waals surface area contributed by atoms with Gasteiger partial charge in [-0.3, -0.25) is 0 Å². The van der Waals surface area contributed by atoms with Crippen LogP contribution in [-0.4, -0.2) is 25.4 Å². The lowest BCUT2D eigenvalue weighted by molar-refractivity contribution is -0.0970. The van der Waals surface area contributed by atoms with Crippen molar-refractivity contribution < 1.29 is 9.47 Å². The second-order valence-electron chi connectivity index (χ2n) is 3.42. The minimum Gasteiger partial charge on any atom is -0.342 e. The van der Waals surface area contributed by atoms with E-state index in [1.807, 2.05) is 13.8 Å². The second-order valence-corrected chi connectivity index (χ2v) is 3.79. The van der Waals surface area contributed by atoms with Gasteiger partial charge in [-0.05, 0) is 32.6 Å². The topological polar surface area (TPSA) is 18.5 Å². The predicted molar refractivity (Wildman–Crippen MR) is 68.6 cm³/mol. The number of rotatable bonds is 9. The lowest BCUT2D eigenvalue weighted by Gasteiger charge is -2.09. The van der Waals surface area contributed by atoms with E-state index < -0.39 is 0 Å². The van der Waals surface area contributed by atoms with Crippen LogP contribution < -0.4 is 0 Å². The van der Waals surface area contributed by atoms with Gasteiger partial charge in [0.15, 0.2) is 0 Å². The van der Waals surface area contributed by atoms with Crippen molar-refractivity contribution in [3.8, 4) is 11.8 Å². The van der Waals surface area contributed by atoms with Gasteiger partial charge in [-0.2, -0.15) is 0 Å². The normalized spacial score (nSPS) is 10.2. The average molecular weight is 247 g/mol. The van der Waals surface area contributed by atoms with E-state index in [2.05, 4.69) is 11.8 Å². The van der Waals surface area contributed by atoms with Crippen molar-refractivity contribution in [3.63, 3.8) is 0 Å². The zero-order chi connectivity index (χ0) is 12.1. The molecule has 0 heterocycles. The summed E-state index contributed by atoms with van der Waals surface area (Å²) < 4.78 is 10.6. The Hall–Kier alpha value is -0.230. The zero-order valence-electron chi connectivity index (χ0n) is 10.4. The number of alkyl halides is 1. The van der Waals surface area contributed by atoms with Crippen molar-refractivity contribution in [2.75, 3.05) is 19.1 Å². The third-order valence-corrected chi connectivity index (χ3v) is 2.31. The first-order valence-electron chi connectivity index (χ1n) is 6.12. The Kier molecular flexibility index (Phi) is 12.7. The molecule has 2 nitrogen and oxygen atoms in total. The summed E-state index contributed by atoms with van der Waals surface area (Å²) in [6.45, 7) is 5.16. The molecule has 0 aromatic rings. The van der Waals surface area contributed by atoms with Gasteiger partial charge in [-0.15, -0.1) is 11.6 Å². The van der Waals surface area contributed by atoms with E-state index in [4.69, 9.17) is 21.1 Å². The molecule has 0 rings (SSSR count). The van der Waals surface area contributed by atoms with Crippen molar-refractivity contribution in [1.82, 2.24) is 0 Å². The van der Waals surface area contributed by atoms with Gasteiger partial charge in [0.2, 0.25) is 6.29 Å². The quantitative estimate of drug-likeness (QED) is 0.268. The van der Waals surface area contributed by atoms with Crippen molar-refractivity contribution in [1.29, 1.82) is 0 Å². The molecular formula is C13H23ClO2. The SMILES string of the molecule is CCOC(C#CCCCCCCCl)OCC. The smallest absolute Gasteiger partial charge is 0.222 e. The molecule has 0 saturated carbocycles. The number of hydrogen-bond donors (Lipinski definition) is 0. The maximum atomic E-state index is 5.59. The Labute approximate surface area is 105 Å². The molecule has 0 atom stereocenters. The Morgan fingerprint density at radius 2 is 1.62 bits per heavy atom. The lowest BCUT2D eigenvalue weighted by atomic mass is 10.1. The summed E-state index contributed by atoms with van der Waals surface area (Å²) in [6, 6.07) is 0. The molecule has 0 spiro atoms. The van der Waals surface area contributed by atoms with Gasteiger partial charge in [0, 0.05) is 25.5 Å². The molecule has 0 radical (unpaired) electrons. The van der Waals surface area contributed by atoms with Gasteiger partial charge < -0.3 is 9.47 Å². The van der Waals surface area contributed by atoms with Crippen LogP contribution in [0.25, 0.3) is 0 Å². The molecule has 3 heteroatoms. The molecule has 0 aromatic carbocycles. The van der Waals surface area contributed by atoms with Gasteiger partial charge in [0.05, 0.1) is 0 Å². The molecule has 0 fully saturated rings. The van der Waals surface area contributed by atoms with Gasteiger partial charge in [0.1, 0.15) is 0 Å². The molecule has 0 bridgehead atoms. The minimum absolute atomic E-state index is 0.349. The molecule has 0 N–H and O–H groups in total. The highest BCUT2D eigenvalue weighted by atomic mass is 35.5. The summed E-state index contributed by atoms with van der Waals surface area (Å²) in [7, 11) is 0. The highest BCUT2D eigenvalue weighted by Gasteiger charge is 2.00. The first kappa shape index (κ1) is 15.8. The first-order chi connectivity index (χ1) is 7.85. The predicted octanol–water partition coefficient (Wildman–Crippen LogP) is 3.58. The summed E-state index contributed by atoms with van der Waals surface area (Å²) in [4.78, 5) is 0. The van der Waals surface area contributed by atoms with Crippen LogP contribution in [0.3, 0.4) is 0 Å². The molecule has 0 aliphatic heterocycles. The highest BCUT2D eigenvalue weighted by molar-refractivity contribution is 6.17. The molecule has 0 amide bonds. The van der Waals surface area contributed by atoms with Crippen LogP contribution >= 0.6 is 11.6 Å². The molecule has 0 saturated heterocycles. The van der Waals surface area contributed by atoms with Crippen LogP contribution in [0.4, 0.5) is 0 Å². The van der Waals surface area contributed by atoms with Crippen molar-refractivity contribution in [2.24, 2.45) is 0 Å². The van der Waals surface area contributed by atoms with Gasteiger partial charge in [-0.1, -0.05) is 18.8 Å². The Morgan fingerprint density at radius 3 is 2.19 bits per heavy atom. The van der Waals surface area contributed by atoms with Crippen molar-refractivity contribution >= 4 is 11.6 Å². The number of unbranched alkanes of at least 4 members (excludes halogenated alkanes) is 4. The molecule has 0 unspecified atom stereocenters. The molecule has 0 aliphatic carbocycles. The van der Waals surface area contributed by atoms with Crippen LogP contribution in [0.2, 0.25) is 0 Å². The fourth-order valence-corrected chi connectivity index (χ4v) is 1.44. The summed E-state index contributed by atoms with van der Waals surface area (Å²) in [5.41, 5.74) is 0. The van der Waals surface area contributed by atoms with E-state index in [1.54, 1.807) is 0 Å². The molecule has 0 aliphatic rings. The molecule has 94 valence electrons. The van der Waals surface area contributed by atoms with Gasteiger partial charge >= 0.3 is 0 Å². The van der Waals surface area contributed by atoms with Crippen LogP contribution in [0.5, 0.6) is 0 Å². The van der Waals surface area contributed by atoms with E-state index in [0.717, 1.165) is 25.1 Å². The Balaban J connectivity index is 3.54. The van der Waals surface area contributed by atoms with Crippen LogP contribution in [0.1, 0.15) is 46.0 Å². The highest BCUT2D eigenvalue weighted by Crippen LogP contribution is 2.03. The van der Waals surface area contributed by atoms with Crippen LogP contribution in [0.15, 0.2) is 0 Å². The van der Waals surface area contributed by atoms with E-state index in [-0.39, 0.29) is 6.29 Å². The number of ether oxygens (including phenoxy) is 2. The maximum Gasteiger partial charge on any atom is 0.222 e. The summed E-state index contributed by atoms with van der Waals surface area (Å²) in [5, 5.41) is 0. The number of hydrogen-bond acceptors (Lipinski definition) is 2. The largest absolute Gasteiger partial charge is 0.342 e. The standard InChI is InChI=1S/C13H23ClO2/c1-3-15-13(16-4-2)11-9-7-5-6-8-10-12-14/h13H,3-8,10,12H2,1-2H3. The van der Waals surface area contributed by atoms with E-state index in [1.165, 1.54) is 12.8 Å². The molecular weight excluding hydrogens is 224 g/mol. The number of halogens is 1. The van der Waals surface area contributed by atoms with Crippen molar-refractivity contribution in [3.05, 3.63) is 0 Å². The lowest BCUT2D eigenvalue weighted by Crippen LogP contribution is -2.14. The van der Waals surface area contributed by atoms with E-state index in [0.29, 0.717) is 13.2 Å². The monoisotopic (exact) mass is 246 g/mol. The van der Waals surface area contributed by atoms with Crippen molar-refractivity contribution in [2.45, 2.75) is 52.2 Å². The Bertz CT molecular complexity index is 190. The first-order valence-corrected chi connectivity index (χ1v) is 6.66. The zero-order valence-corrected chi connectivity index (χ0v) is 11.2. The van der Waals surface area contributed by atoms with Gasteiger partial charge in [0.25, 0.3) is 0 Å². The van der Waals surface area contributed by atoms with E-state index in [9.17, 15) is 0 Å². The van der Waals surface area contributed by atoms with Crippen LogP contribution in [0, 0.1) is 11.8 Å². The van der Waals surface area contributed by atoms with Crippen LogP contribution in [-0.2, 0) is 9.47 Å². The summed E-state index contributed by atoms with van der Waals surface area (Å²) in [6.07, 6.45) is 5.21. The third-order valence-electron chi connectivity index (χ3n) is 2.04. The average Bonchev–Trinajstić information content (AvgIpc) is 2.28. The summed E-state index contributed by atoms with van der Waals surface area (Å²) >= 11 is 5.59. The third kappa shape index (κ3) is 10.3. The molecule has 0 aromatic heterocycles. The Morgan fingerprint density at radius 1 is 1.00 bits per heavy atom. The van der Waals surface area contributed by atoms with Gasteiger partial charge in [-0.25, -0.2) is 0 Å². The minimum atomic E-state index is -0.349. The fourth-order valence-electron chi connectivity index (χ4n) is 1.25. The second kappa shape index (κ2) is 12.8. The fraction of sp³-hybridized carbons (Fsp3) is 0.846. The van der Waals surface area contributed by atoms with E-state index >= 15 is 0 Å². The molecule has 16 heavy (non-hydrogen) atoms. The maximum absolute atomic E-state index is 5.59.